The third-order valence-electron chi connectivity index (χ3n) is 5.23. The van der Waals surface area contributed by atoms with Gasteiger partial charge < -0.3 is 15.4 Å². The zero-order valence-electron chi connectivity index (χ0n) is 16.3. The number of nitrogens with one attached hydrogen (secondary N) is 3. The second-order valence-electron chi connectivity index (χ2n) is 7.23. The van der Waals surface area contributed by atoms with E-state index < -0.39 is 12.0 Å². The lowest BCUT2D eigenvalue weighted by Crippen LogP contribution is -2.21. The normalized spacial score (nSPS) is 13.5. The fraction of sp³-hybridized carbons (Fsp3) is 0.0417. The van der Waals surface area contributed by atoms with Gasteiger partial charge >= 0.3 is 0 Å². The SMILES string of the molecule is O=C1NN=Cc2c(-c3ccccc3)[nH]c3cc(NC(=O)[C@H](O)c4ccccc4)cc1c23. The average Bonchev–Trinajstić information content (AvgIpc) is 3.08. The van der Waals surface area contributed by atoms with Gasteiger partial charge in [0.15, 0.2) is 6.10 Å². The van der Waals surface area contributed by atoms with Crippen LogP contribution in [0.4, 0.5) is 5.69 Å². The molecular weight excluding hydrogens is 392 g/mol. The van der Waals surface area contributed by atoms with Crippen LogP contribution in [0.1, 0.15) is 27.6 Å². The molecule has 152 valence electrons. The number of hydrazone groups is 1. The zero-order valence-corrected chi connectivity index (χ0v) is 16.3. The lowest BCUT2D eigenvalue weighted by Gasteiger charge is -2.13. The van der Waals surface area contributed by atoms with Crippen LogP contribution < -0.4 is 10.7 Å². The van der Waals surface area contributed by atoms with Crippen LogP contribution >= 0.6 is 0 Å². The molecule has 0 saturated carbocycles. The second-order valence-corrected chi connectivity index (χ2v) is 7.23. The summed E-state index contributed by atoms with van der Waals surface area (Å²) < 4.78 is 0. The number of nitrogens with zero attached hydrogens (tertiary/aromatic N) is 1. The molecule has 0 radical (unpaired) electrons. The monoisotopic (exact) mass is 410 g/mol. The van der Waals surface area contributed by atoms with Gasteiger partial charge in [-0.3, -0.25) is 9.59 Å². The number of hydrogen-bond donors (Lipinski definition) is 4. The van der Waals surface area contributed by atoms with E-state index >= 15 is 0 Å². The maximum absolute atomic E-state index is 12.6. The Hall–Kier alpha value is -4.23. The average molecular weight is 410 g/mol. The van der Waals surface area contributed by atoms with Crippen molar-refractivity contribution >= 4 is 34.6 Å². The minimum Gasteiger partial charge on any atom is -0.378 e. The van der Waals surface area contributed by atoms with E-state index in [0.717, 1.165) is 22.2 Å². The maximum Gasteiger partial charge on any atom is 0.272 e. The number of rotatable bonds is 4. The molecule has 2 heterocycles. The lowest BCUT2D eigenvalue weighted by atomic mass is 10.0. The van der Waals surface area contributed by atoms with Crippen molar-refractivity contribution in [1.29, 1.82) is 0 Å². The molecule has 1 aliphatic heterocycles. The van der Waals surface area contributed by atoms with E-state index in [1.165, 1.54) is 0 Å². The molecule has 0 saturated heterocycles. The number of carbonyl (C=O) groups is 2. The zero-order chi connectivity index (χ0) is 21.4. The Morgan fingerprint density at radius 2 is 1.71 bits per heavy atom. The van der Waals surface area contributed by atoms with Crippen LogP contribution in [0.15, 0.2) is 77.9 Å². The predicted molar refractivity (Wildman–Crippen MR) is 119 cm³/mol. The first kappa shape index (κ1) is 18.8. The van der Waals surface area contributed by atoms with Crippen LogP contribution in [-0.4, -0.2) is 28.1 Å². The van der Waals surface area contributed by atoms with Crippen LogP contribution in [-0.2, 0) is 4.79 Å². The Bertz CT molecular complexity index is 1330. The number of aliphatic hydroxyl groups is 1. The van der Waals surface area contributed by atoms with Crippen LogP contribution in [0, 0.1) is 0 Å². The van der Waals surface area contributed by atoms with Gasteiger partial charge in [0.1, 0.15) is 0 Å². The smallest absolute Gasteiger partial charge is 0.272 e. The highest BCUT2D eigenvalue weighted by Crippen LogP contribution is 2.34. The summed E-state index contributed by atoms with van der Waals surface area (Å²) in [6, 6.07) is 21.7. The fourth-order valence-electron chi connectivity index (χ4n) is 3.78. The molecule has 0 aliphatic carbocycles. The van der Waals surface area contributed by atoms with E-state index in [-0.39, 0.29) is 5.91 Å². The lowest BCUT2D eigenvalue weighted by molar-refractivity contribution is -0.124. The standard InChI is InChI=1S/C24H18N4O3/c29-22(15-9-5-2-6-10-15)24(31)26-16-11-17-20-18(13-25-28-23(17)30)21(27-19(20)12-16)14-7-3-1-4-8-14/h1-13,22,27,29H,(H,26,31)(H,28,30)/t22-/m1/s1. The number of H-pyrrole nitrogens is 1. The molecule has 1 aromatic heterocycles. The molecule has 5 rings (SSSR count). The highest BCUT2D eigenvalue weighted by molar-refractivity contribution is 6.18. The Morgan fingerprint density at radius 1 is 1.00 bits per heavy atom. The molecule has 1 aliphatic rings. The van der Waals surface area contributed by atoms with Crippen molar-refractivity contribution in [2.75, 3.05) is 5.32 Å². The summed E-state index contributed by atoms with van der Waals surface area (Å²) in [7, 11) is 0. The van der Waals surface area contributed by atoms with Crippen LogP contribution in [0.25, 0.3) is 22.2 Å². The number of aliphatic hydroxyl groups excluding tert-OH is 1. The minimum absolute atomic E-state index is 0.377. The maximum atomic E-state index is 12.6. The number of hydrogen-bond acceptors (Lipinski definition) is 4. The molecule has 0 bridgehead atoms. The Labute approximate surface area is 177 Å². The van der Waals surface area contributed by atoms with Gasteiger partial charge in [-0.25, -0.2) is 5.43 Å². The van der Waals surface area contributed by atoms with Crippen molar-refractivity contribution in [3.05, 3.63) is 89.5 Å². The summed E-state index contributed by atoms with van der Waals surface area (Å²) in [5, 5.41) is 17.8. The van der Waals surface area contributed by atoms with E-state index in [1.807, 2.05) is 36.4 Å². The van der Waals surface area contributed by atoms with Gasteiger partial charge in [0.2, 0.25) is 0 Å². The van der Waals surface area contributed by atoms with E-state index in [2.05, 4.69) is 20.8 Å². The number of benzene rings is 3. The Balaban J connectivity index is 1.58. The van der Waals surface area contributed by atoms with Gasteiger partial charge in [-0.05, 0) is 23.3 Å². The molecule has 4 N–H and O–H groups in total. The van der Waals surface area contributed by atoms with Crippen molar-refractivity contribution in [3.63, 3.8) is 0 Å². The summed E-state index contributed by atoms with van der Waals surface area (Å²) >= 11 is 0. The van der Waals surface area contributed by atoms with Gasteiger partial charge in [0.25, 0.3) is 11.8 Å². The topological polar surface area (TPSA) is 107 Å². The molecular formula is C24H18N4O3. The second kappa shape index (κ2) is 7.55. The van der Waals surface area contributed by atoms with Crippen molar-refractivity contribution in [2.24, 2.45) is 5.10 Å². The minimum atomic E-state index is -1.33. The summed E-state index contributed by atoms with van der Waals surface area (Å²) in [5.41, 5.74) is 7.00. The van der Waals surface area contributed by atoms with Gasteiger partial charge in [-0.15, -0.1) is 0 Å². The predicted octanol–water partition coefficient (Wildman–Crippen LogP) is 3.58. The van der Waals surface area contributed by atoms with Gasteiger partial charge in [-0.1, -0.05) is 60.7 Å². The molecule has 2 amide bonds. The molecule has 7 heteroatoms. The first-order valence-electron chi connectivity index (χ1n) is 9.74. The third kappa shape index (κ3) is 3.37. The molecule has 0 unspecified atom stereocenters. The van der Waals surface area contributed by atoms with Crippen molar-refractivity contribution in [2.45, 2.75) is 6.10 Å². The van der Waals surface area contributed by atoms with Crippen molar-refractivity contribution in [1.82, 2.24) is 10.4 Å². The molecule has 31 heavy (non-hydrogen) atoms. The Kier molecular flexibility index (Phi) is 4.57. The number of aromatic amines is 1. The fourth-order valence-corrected chi connectivity index (χ4v) is 3.78. The van der Waals surface area contributed by atoms with Gasteiger partial charge in [0.05, 0.1) is 17.5 Å². The summed E-state index contributed by atoms with van der Waals surface area (Å²) in [4.78, 5) is 28.6. The van der Waals surface area contributed by atoms with Crippen LogP contribution in [0.2, 0.25) is 0 Å². The first-order chi connectivity index (χ1) is 15.1. The number of amides is 2. The molecule has 0 fully saturated rings. The molecule has 3 aromatic carbocycles. The number of anilines is 1. The molecule has 1 atom stereocenters. The quantitative estimate of drug-likeness (QED) is 0.413. The van der Waals surface area contributed by atoms with E-state index in [9.17, 15) is 14.7 Å². The third-order valence-corrected chi connectivity index (χ3v) is 5.23. The molecule has 0 spiro atoms. The molecule has 4 aromatic rings. The largest absolute Gasteiger partial charge is 0.378 e. The van der Waals surface area contributed by atoms with Crippen molar-refractivity contribution < 1.29 is 14.7 Å². The van der Waals surface area contributed by atoms with Gasteiger partial charge in [-0.2, -0.15) is 5.10 Å². The summed E-state index contributed by atoms with van der Waals surface area (Å²) in [6.07, 6.45) is 0.291. The van der Waals surface area contributed by atoms with Crippen LogP contribution in [0.3, 0.4) is 0 Å². The first-order valence-corrected chi connectivity index (χ1v) is 9.74. The van der Waals surface area contributed by atoms with E-state index in [0.29, 0.717) is 22.3 Å². The van der Waals surface area contributed by atoms with Crippen molar-refractivity contribution in [3.8, 4) is 11.3 Å². The highest BCUT2D eigenvalue weighted by atomic mass is 16.3. The Morgan fingerprint density at radius 3 is 2.45 bits per heavy atom. The van der Waals surface area contributed by atoms with Gasteiger partial charge in [0, 0.05) is 22.2 Å². The molecule has 7 nitrogen and oxygen atoms in total. The van der Waals surface area contributed by atoms with E-state index in [4.69, 9.17) is 0 Å². The highest BCUT2D eigenvalue weighted by Gasteiger charge is 2.23. The summed E-state index contributed by atoms with van der Waals surface area (Å²) in [5.74, 6) is -0.962. The van der Waals surface area contributed by atoms with Crippen LogP contribution in [0.5, 0.6) is 0 Å². The number of carbonyl (C=O) groups excluding carboxylic acids is 2. The summed E-state index contributed by atoms with van der Waals surface area (Å²) in [6.45, 7) is 0. The van der Waals surface area contributed by atoms with E-state index in [1.54, 1.807) is 42.6 Å². The number of aromatic nitrogens is 1.